The van der Waals surface area contributed by atoms with E-state index < -0.39 is 23.9 Å². The third-order valence-electron chi connectivity index (χ3n) is 3.60. The summed E-state index contributed by atoms with van der Waals surface area (Å²) in [7, 11) is 0. The lowest BCUT2D eigenvalue weighted by atomic mass is 10.2. The molecule has 6 nitrogen and oxygen atoms in total. The maximum Gasteiger partial charge on any atom is 0.415 e. The van der Waals surface area contributed by atoms with Crippen LogP contribution >= 0.6 is 11.6 Å². The fourth-order valence-electron chi connectivity index (χ4n) is 2.34. The highest BCUT2D eigenvalue weighted by Gasteiger charge is 2.22. The number of carbonyl (C=O) groups excluding carboxylic acids is 2. The number of rotatable bonds is 5. The van der Waals surface area contributed by atoms with Gasteiger partial charge in [-0.3, -0.25) is 0 Å². The number of nitrogens with zero attached hydrogens (tertiary/aromatic N) is 1. The van der Waals surface area contributed by atoms with Crippen LogP contribution in [0.3, 0.4) is 0 Å². The summed E-state index contributed by atoms with van der Waals surface area (Å²) >= 11 is 5.99. The highest BCUT2D eigenvalue weighted by atomic mass is 35.5. The lowest BCUT2D eigenvalue weighted by Gasteiger charge is -2.18. The van der Waals surface area contributed by atoms with Gasteiger partial charge < -0.3 is 19.7 Å². The summed E-state index contributed by atoms with van der Waals surface area (Å²) in [5.41, 5.74) is 0.280. The standard InChI is InChI=1S/C16H20ClFN2O4/c1-3-23-15(21)10(2)19-13-9-14(12(18)8-11(13)17)24-16(22)20-6-4-5-7-20/h8-10,19H,3-7H2,1-2H3/t10-/m0/s1. The molecule has 8 heteroatoms. The summed E-state index contributed by atoms with van der Waals surface area (Å²) < 4.78 is 24.0. The summed E-state index contributed by atoms with van der Waals surface area (Å²) in [5.74, 6) is -1.45. The summed E-state index contributed by atoms with van der Waals surface area (Å²) in [6, 6.07) is 1.62. The molecule has 24 heavy (non-hydrogen) atoms. The number of carbonyl (C=O) groups is 2. The van der Waals surface area contributed by atoms with Gasteiger partial charge in [-0.05, 0) is 32.8 Å². The van der Waals surface area contributed by atoms with Crippen molar-refractivity contribution >= 4 is 29.4 Å². The average molecular weight is 359 g/mol. The number of anilines is 1. The number of hydrogen-bond acceptors (Lipinski definition) is 5. The molecule has 0 aromatic heterocycles. The molecular formula is C16H20ClFN2O4. The van der Waals surface area contributed by atoms with Gasteiger partial charge in [0.05, 0.1) is 17.3 Å². The lowest BCUT2D eigenvalue weighted by molar-refractivity contribution is -0.143. The van der Waals surface area contributed by atoms with Crippen LogP contribution in [0.4, 0.5) is 14.9 Å². The highest BCUT2D eigenvalue weighted by molar-refractivity contribution is 6.33. The van der Waals surface area contributed by atoms with Crippen molar-refractivity contribution in [2.45, 2.75) is 32.7 Å². The maximum absolute atomic E-state index is 14.0. The van der Waals surface area contributed by atoms with E-state index in [4.69, 9.17) is 21.1 Å². The van der Waals surface area contributed by atoms with Crippen LogP contribution in [0.25, 0.3) is 0 Å². The van der Waals surface area contributed by atoms with Gasteiger partial charge >= 0.3 is 12.1 Å². The Bertz CT molecular complexity index is 620. The molecule has 1 heterocycles. The summed E-state index contributed by atoms with van der Waals surface area (Å²) in [6.07, 6.45) is 1.21. The van der Waals surface area contributed by atoms with Crippen molar-refractivity contribution in [2.75, 3.05) is 25.0 Å². The molecule has 1 atom stereocenters. The van der Waals surface area contributed by atoms with Crippen molar-refractivity contribution in [2.24, 2.45) is 0 Å². The summed E-state index contributed by atoms with van der Waals surface area (Å²) in [6.45, 7) is 4.73. The zero-order valence-corrected chi connectivity index (χ0v) is 14.4. The van der Waals surface area contributed by atoms with Gasteiger partial charge in [-0.25, -0.2) is 14.0 Å². The van der Waals surface area contributed by atoms with Crippen molar-refractivity contribution in [1.29, 1.82) is 0 Å². The van der Waals surface area contributed by atoms with Gasteiger partial charge in [0.25, 0.3) is 0 Å². The van der Waals surface area contributed by atoms with E-state index >= 15 is 0 Å². The van der Waals surface area contributed by atoms with Crippen molar-refractivity contribution in [3.05, 3.63) is 23.0 Å². The number of benzene rings is 1. The molecule has 0 radical (unpaired) electrons. The minimum Gasteiger partial charge on any atom is -0.464 e. The Morgan fingerprint density at radius 2 is 2.04 bits per heavy atom. The molecule has 1 fully saturated rings. The van der Waals surface area contributed by atoms with Crippen molar-refractivity contribution < 1.29 is 23.5 Å². The minimum atomic E-state index is -0.748. The zero-order chi connectivity index (χ0) is 17.7. The van der Waals surface area contributed by atoms with E-state index in [1.807, 2.05) is 0 Å². The molecule has 0 saturated carbocycles. The Kier molecular flexibility index (Phi) is 6.25. The molecular weight excluding hydrogens is 339 g/mol. The maximum atomic E-state index is 14.0. The number of hydrogen-bond donors (Lipinski definition) is 1. The van der Waals surface area contributed by atoms with Crippen LogP contribution in [-0.2, 0) is 9.53 Å². The van der Waals surface area contributed by atoms with Crippen LogP contribution in [-0.4, -0.2) is 42.7 Å². The third-order valence-corrected chi connectivity index (χ3v) is 3.91. The molecule has 1 aromatic carbocycles. The predicted octanol–water partition coefficient (Wildman–Crippen LogP) is 3.44. The van der Waals surface area contributed by atoms with E-state index in [0.29, 0.717) is 13.1 Å². The second kappa shape index (κ2) is 8.19. The van der Waals surface area contributed by atoms with Crippen LogP contribution in [0.5, 0.6) is 5.75 Å². The van der Waals surface area contributed by atoms with Gasteiger partial charge in [0.1, 0.15) is 6.04 Å². The van der Waals surface area contributed by atoms with Crippen LogP contribution in [0.1, 0.15) is 26.7 Å². The molecule has 1 aromatic rings. The van der Waals surface area contributed by atoms with Crippen LogP contribution in [0.15, 0.2) is 12.1 Å². The predicted molar refractivity (Wildman–Crippen MR) is 88.0 cm³/mol. The molecule has 1 aliphatic rings. The Hall–Kier alpha value is -2.02. The Balaban J connectivity index is 2.12. The second-order valence-corrected chi connectivity index (χ2v) is 5.85. The Labute approximate surface area is 144 Å². The molecule has 1 aliphatic heterocycles. The van der Waals surface area contributed by atoms with Crippen LogP contribution < -0.4 is 10.1 Å². The van der Waals surface area contributed by atoms with E-state index in [1.165, 1.54) is 11.0 Å². The van der Waals surface area contributed by atoms with E-state index in [1.54, 1.807) is 13.8 Å². The molecule has 1 saturated heterocycles. The van der Waals surface area contributed by atoms with Crippen molar-refractivity contribution in [3.63, 3.8) is 0 Å². The normalized spacial score (nSPS) is 15.1. The summed E-state index contributed by atoms with van der Waals surface area (Å²) in [4.78, 5) is 25.2. The number of halogens is 2. The van der Waals surface area contributed by atoms with Gasteiger partial charge in [0.15, 0.2) is 11.6 Å². The van der Waals surface area contributed by atoms with E-state index in [9.17, 15) is 14.0 Å². The molecule has 1 N–H and O–H groups in total. The van der Waals surface area contributed by atoms with Gasteiger partial charge in [-0.1, -0.05) is 11.6 Å². The van der Waals surface area contributed by atoms with E-state index in [0.717, 1.165) is 18.9 Å². The first kappa shape index (κ1) is 18.3. The SMILES string of the molecule is CCOC(=O)[C@H](C)Nc1cc(OC(=O)N2CCCC2)c(F)cc1Cl. The molecule has 2 rings (SSSR count). The monoisotopic (exact) mass is 358 g/mol. The molecule has 0 unspecified atom stereocenters. The van der Waals surface area contributed by atoms with Crippen molar-refractivity contribution in [3.8, 4) is 5.75 Å². The van der Waals surface area contributed by atoms with E-state index in [-0.39, 0.29) is 23.1 Å². The van der Waals surface area contributed by atoms with Gasteiger partial charge in [0, 0.05) is 19.2 Å². The third kappa shape index (κ3) is 4.50. The first-order valence-electron chi connectivity index (χ1n) is 7.81. The zero-order valence-electron chi connectivity index (χ0n) is 13.6. The smallest absolute Gasteiger partial charge is 0.415 e. The fourth-order valence-corrected chi connectivity index (χ4v) is 2.54. The number of nitrogens with one attached hydrogen (secondary N) is 1. The number of ether oxygens (including phenoxy) is 2. The lowest BCUT2D eigenvalue weighted by Crippen LogP contribution is -2.31. The molecule has 1 amide bonds. The largest absolute Gasteiger partial charge is 0.464 e. The average Bonchev–Trinajstić information content (AvgIpc) is 3.06. The van der Waals surface area contributed by atoms with Gasteiger partial charge in [-0.15, -0.1) is 0 Å². The van der Waals surface area contributed by atoms with E-state index in [2.05, 4.69) is 5.32 Å². The molecule has 132 valence electrons. The fraction of sp³-hybridized carbons (Fsp3) is 0.500. The quantitative estimate of drug-likeness (QED) is 0.817. The summed E-state index contributed by atoms with van der Waals surface area (Å²) in [5, 5.41) is 2.90. The topological polar surface area (TPSA) is 67.9 Å². The van der Waals surface area contributed by atoms with Gasteiger partial charge in [-0.2, -0.15) is 0 Å². The molecule has 0 aliphatic carbocycles. The highest BCUT2D eigenvalue weighted by Crippen LogP contribution is 2.31. The Morgan fingerprint density at radius 3 is 2.67 bits per heavy atom. The minimum absolute atomic E-state index is 0.0737. The van der Waals surface area contributed by atoms with Crippen molar-refractivity contribution in [1.82, 2.24) is 4.90 Å². The molecule has 0 spiro atoms. The first-order valence-corrected chi connectivity index (χ1v) is 8.19. The second-order valence-electron chi connectivity index (χ2n) is 5.44. The molecule has 0 bridgehead atoms. The number of esters is 1. The number of likely N-dealkylation sites (tertiary alicyclic amines) is 1. The number of amides is 1. The van der Waals surface area contributed by atoms with Gasteiger partial charge in [0.2, 0.25) is 0 Å². The van der Waals surface area contributed by atoms with Crippen LogP contribution in [0.2, 0.25) is 5.02 Å². The Morgan fingerprint density at radius 1 is 1.38 bits per heavy atom. The van der Waals surface area contributed by atoms with Crippen LogP contribution in [0, 0.1) is 5.82 Å². The first-order chi connectivity index (χ1) is 11.4.